The monoisotopic (exact) mass is 263 g/mol. The second-order valence-corrected chi connectivity index (χ2v) is 8.05. The second kappa shape index (κ2) is 7.13. The molecule has 102 valence electrons. The molecule has 0 aliphatic rings. The summed E-state index contributed by atoms with van der Waals surface area (Å²) in [6, 6.07) is 0. The van der Waals surface area contributed by atoms with E-state index in [1.807, 2.05) is 6.92 Å². The van der Waals surface area contributed by atoms with Gasteiger partial charge in [0.2, 0.25) is 0 Å². The van der Waals surface area contributed by atoms with E-state index in [0.717, 1.165) is 5.57 Å². The summed E-state index contributed by atoms with van der Waals surface area (Å²) in [6.07, 6.45) is 0. The largest absolute Gasteiger partial charge is 0.376 e. The van der Waals surface area contributed by atoms with Crippen LogP contribution in [-0.2, 0) is 14.6 Å². The molecule has 0 fully saturated rings. The summed E-state index contributed by atoms with van der Waals surface area (Å²) in [5.41, 5.74) is 0.986. The SMILES string of the molecule is C=C(C)COCCNCCS(=O)(=O)C(C)(C)C. The molecular weight excluding hydrogens is 238 g/mol. The van der Waals surface area contributed by atoms with E-state index in [1.165, 1.54) is 0 Å². The van der Waals surface area contributed by atoms with Crippen LogP contribution in [0.1, 0.15) is 27.7 Å². The third kappa shape index (κ3) is 7.52. The van der Waals surface area contributed by atoms with E-state index in [2.05, 4.69) is 11.9 Å². The van der Waals surface area contributed by atoms with Crippen molar-refractivity contribution < 1.29 is 13.2 Å². The van der Waals surface area contributed by atoms with Crippen LogP contribution in [0.25, 0.3) is 0 Å². The van der Waals surface area contributed by atoms with Crippen LogP contribution in [0.2, 0.25) is 0 Å². The van der Waals surface area contributed by atoms with Gasteiger partial charge in [-0.2, -0.15) is 0 Å². The molecule has 0 atom stereocenters. The molecule has 0 bridgehead atoms. The first-order chi connectivity index (χ1) is 7.67. The van der Waals surface area contributed by atoms with E-state index >= 15 is 0 Å². The highest BCUT2D eigenvalue weighted by Gasteiger charge is 2.27. The number of nitrogens with one attached hydrogen (secondary N) is 1. The minimum absolute atomic E-state index is 0.164. The van der Waals surface area contributed by atoms with Gasteiger partial charge in [0.15, 0.2) is 9.84 Å². The predicted molar refractivity (Wildman–Crippen MR) is 72.0 cm³/mol. The quantitative estimate of drug-likeness (QED) is 0.531. The van der Waals surface area contributed by atoms with Crippen molar-refractivity contribution in [2.45, 2.75) is 32.4 Å². The van der Waals surface area contributed by atoms with Crippen LogP contribution in [-0.4, -0.2) is 45.2 Å². The lowest BCUT2D eigenvalue weighted by molar-refractivity contribution is 0.158. The van der Waals surface area contributed by atoms with Crippen LogP contribution < -0.4 is 5.32 Å². The number of hydrogen-bond donors (Lipinski definition) is 1. The fourth-order valence-corrected chi connectivity index (χ4v) is 2.05. The van der Waals surface area contributed by atoms with Crippen molar-refractivity contribution in [3.05, 3.63) is 12.2 Å². The summed E-state index contributed by atoms with van der Waals surface area (Å²) < 4.78 is 28.1. The van der Waals surface area contributed by atoms with E-state index in [9.17, 15) is 8.42 Å². The Labute approximate surface area is 105 Å². The van der Waals surface area contributed by atoms with Crippen LogP contribution in [0.3, 0.4) is 0 Å². The van der Waals surface area contributed by atoms with Gasteiger partial charge in [-0.1, -0.05) is 12.2 Å². The molecule has 0 aromatic carbocycles. The molecule has 0 aromatic heterocycles. The highest BCUT2D eigenvalue weighted by molar-refractivity contribution is 7.92. The zero-order chi connectivity index (χ0) is 13.5. The fraction of sp³-hybridized carbons (Fsp3) is 0.833. The summed E-state index contributed by atoms with van der Waals surface area (Å²) in [6.45, 7) is 13.0. The standard InChI is InChI=1S/C12H25NO3S/c1-11(2)10-16-8-6-13-7-9-17(14,15)12(3,4)5/h13H,1,6-10H2,2-5H3. The Morgan fingerprint density at radius 1 is 1.29 bits per heavy atom. The van der Waals surface area contributed by atoms with Crippen molar-refractivity contribution >= 4 is 9.84 Å². The third-order valence-electron chi connectivity index (χ3n) is 2.25. The van der Waals surface area contributed by atoms with Crippen molar-refractivity contribution in [2.75, 3.05) is 32.1 Å². The molecule has 0 saturated carbocycles. The first-order valence-electron chi connectivity index (χ1n) is 5.82. The maximum atomic E-state index is 11.7. The van der Waals surface area contributed by atoms with Crippen molar-refractivity contribution in [3.63, 3.8) is 0 Å². The van der Waals surface area contributed by atoms with Gasteiger partial charge < -0.3 is 10.1 Å². The molecular formula is C12H25NO3S. The number of sulfone groups is 1. The molecule has 0 aliphatic carbocycles. The van der Waals surface area contributed by atoms with Crippen LogP contribution in [0.15, 0.2) is 12.2 Å². The first-order valence-corrected chi connectivity index (χ1v) is 7.47. The predicted octanol–water partition coefficient (Wildman–Crippen LogP) is 1.38. The van der Waals surface area contributed by atoms with Crippen molar-refractivity contribution in [1.82, 2.24) is 5.32 Å². The second-order valence-electron chi connectivity index (χ2n) is 5.19. The zero-order valence-corrected chi connectivity index (χ0v) is 12.2. The minimum atomic E-state index is -3.02. The maximum absolute atomic E-state index is 11.7. The van der Waals surface area contributed by atoms with E-state index in [1.54, 1.807) is 20.8 Å². The summed E-state index contributed by atoms with van der Waals surface area (Å²) in [5, 5.41) is 3.05. The highest BCUT2D eigenvalue weighted by Crippen LogP contribution is 2.14. The van der Waals surface area contributed by atoms with E-state index < -0.39 is 14.6 Å². The molecule has 0 aromatic rings. The van der Waals surface area contributed by atoms with E-state index in [4.69, 9.17) is 4.74 Å². The highest BCUT2D eigenvalue weighted by atomic mass is 32.2. The smallest absolute Gasteiger partial charge is 0.156 e. The molecule has 0 spiro atoms. The first kappa shape index (κ1) is 16.6. The fourth-order valence-electron chi connectivity index (χ4n) is 1.03. The molecule has 0 unspecified atom stereocenters. The Balaban J connectivity index is 3.63. The lowest BCUT2D eigenvalue weighted by atomic mass is 10.3. The van der Waals surface area contributed by atoms with Crippen LogP contribution in [0, 0.1) is 0 Å². The lowest BCUT2D eigenvalue weighted by Gasteiger charge is -2.19. The average Bonchev–Trinajstić information content (AvgIpc) is 2.13. The van der Waals surface area contributed by atoms with Crippen molar-refractivity contribution in [2.24, 2.45) is 0 Å². The Hall–Kier alpha value is -0.390. The van der Waals surface area contributed by atoms with Gasteiger partial charge in [0.1, 0.15) is 0 Å². The Kier molecular flexibility index (Phi) is 6.97. The van der Waals surface area contributed by atoms with Crippen LogP contribution in [0.5, 0.6) is 0 Å². The van der Waals surface area contributed by atoms with Gasteiger partial charge in [-0.25, -0.2) is 8.42 Å². The molecule has 0 heterocycles. The molecule has 0 amide bonds. The van der Waals surface area contributed by atoms with Gasteiger partial charge in [-0.15, -0.1) is 0 Å². The average molecular weight is 263 g/mol. The summed E-state index contributed by atoms with van der Waals surface area (Å²) in [5.74, 6) is 0.164. The van der Waals surface area contributed by atoms with Crippen molar-refractivity contribution in [1.29, 1.82) is 0 Å². The molecule has 5 heteroatoms. The zero-order valence-electron chi connectivity index (χ0n) is 11.4. The molecule has 0 aliphatic heterocycles. The maximum Gasteiger partial charge on any atom is 0.156 e. The Bertz CT molecular complexity index is 328. The van der Waals surface area contributed by atoms with E-state index in [0.29, 0.717) is 26.3 Å². The van der Waals surface area contributed by atoms with Gasteiger partial charge in [-0.05, 0) is 27.7 Å². The third-order valence-corrected chi connectivity index (χ3v) is 4.86. The molecule has 0 radical (unpaired) electrons. The topological polar surface area (TPSA) is 55.4 Å². The normalized spacial score (nSPS) is 12.7. The number of hydrogen-bond acceptors (Lipinski definition) is 4. The Morgan fingerprint density at radius 3 is 2.35 bits per heavy atom. The van der Waals surface area contributed by atoms with E-state index in [-0.39, 0.29) is 5.75 Å². The summed E-state index contributed by atoms with van der Waals surface area (Å²) >= 11 is 0. The molecule has 4 nitrogen and oxygen atoms in total. The number of ether oxygens (including phenoxy) is 1. The molecule has 17 heavy (non-hydrogen) atoms. The van der Waals surface area contributed by atoms with Crippen LogP contribution in [0.4, 0.5) is 0 Å². The molecule has 0 saturated heterocycles. The van der Waals surface area contributed by atoms with Gasteiger partial charge in [0, 0.05) is 13.1 Å². The van der Waals surface area contributed by atoms with Crippen molar-refractivity contribution in [3.8, 4) is 0 Å². The Morgan fingerprint density at radius 2 is 1.88 bits per heavy atom. The van der Waals surface area contributed by atoms with Gasteiger partial charge in [-0.3, -0.25) is 0 Å². The van der Waals surface area contributed by atoms with Gasteiger partial charge in [0.25, 0.3) is 0 Å². The molecule has 1 N–H and O–H groups in total. The minimum Gasteiger partial charge on any atom is -0.376 e. The molecule has 0 rings (SSSR count). The lowest BCUT2D eigenvalue weighted by Crippen LogP contribution is -2.35. The van der Waals surface area contributed by atoms with Crippen LogP contribution >= 0.6 is 0 Å². The number of rotatable bonds is 8. The van der Waals surface area contributed by atoms with Gasteiger partial charge in [0.05, 0.1) is 23.7 Å². The van der Waals surface area contributed by atoms with Gasteiger partial charge >= 0.3 is 0 Å². The summed E-state index contributed by atoms with van der Waals surface area (Å²) in [7, 11) is -3.02. The summed E-state index contributed by atoms with van der Waals surface area (Å²) in [4.78, 5) is 0.